The third-order valence-electron chi connectivity index (χ3n) is 3.20. The molecule has 2 unspecified atom stereocenters. The minimum absolute atomic E-state index is 0.0653. The third kappa shape index (κ3) is 2.34. The van der Waals surface area contributed by atoms with E-state index in [-0.39, 0.29) is 11.9 Å². The minimum Gasteiger partial charge on any atom is -0.481 e. The fourth-order valence-electron chi connectivity index (χ4n) is 2.20. The van der Waals surface area contributed by atoms with Crippen LogP contribution in [-0.4, -0.2) is 28.4 Å². The molecule has 2 rings (SSSR count). The number of rotatable bonds is 3. The van der Waals surface area contributed by atoms with E-state index in [2.05, 4.69) is 0 Å². The molecule has 1 aromatic heterocycles. The van der Waals surface area contributed by atoms with Crippen molar-refractivity contribution in [2.45, 2.75) is 25.8 Å². The molecule has 0 spiro atoms. The van der Waals surface area contributed by atoms with Gasteiger partial charge in [-0.2, -0.15) is 11.3 Å². The highest BCUT2D eigenvalue weighted by Crippen LogP contribution is 2.33. The fourth-order valence-corrected chi connectivity index (χ4v) is 2.90. The first-order valence-corrected chi connectivity index (χ1v) is 6.61. The second-order valence-corrected chi connectivity index (χ2v) is 5.09. The predicted molar refractivity (Wildman–Crippen MR) is 64.8 cm³/mol. The number of carboxylic acids is 1. The molecule has 0 aromatic carbocycles. The van der Waals surface area contributed by atoms with Gasteiger partial charge in [-0.15, -0.1) is 0 Å². The summed E-state index contributed by atoms with van der Waals surface area (Å²) in [6.07, 6.45) is 1.87. The van der Waals surface area contributed by atoms with E-state index < -0.39 is 11.9 Å². The quantitative estimate of drug-likeness (QED) is 0.839. The Balaban J connectivity index is 2.15. The van der Waals surface area contributed by atoms with Crippen LogP contribution in [0.4, 0.5) is 0 Å². The molecular formula is C12H15NO3S. The summed E-state index contributed by atoms with van der Waals surface area (Å²) in [5.74, 6) is -2.27. The van der Waals surface area contributed by atoms with Crippen LogP contribution < -0.4 is 0 Å². The number of nitrogens with zero attached hydrogens (tertiary/aromatic N) is 1. The number of aliphatic carboxylic acids is 1. The highest BCUT2D eigenvalue weighted by atomic mass is 32.1. The molecule has 17 heavy (non-hydrogen) atoms. The van der Waals surface area contributed by atoms with Crippen LogP contribution in [0.25, 0.3) is 0 Å². The maximum absolute atomic E-state index is 12.0. The lowest BCUT2D eigenvalue weighted by molar-refractivity contribution is -0.150. The lowest BCUT2D eigenvalue weighted by Crippen LogP contribution is -2.37. The van der Waals surface area contributed by atoms with Crippen LogP contribution in [0, 0.1) is 5.92 Å². The van der Waals surface area contributed by atoms with Crippen LogP contribution in [0.2, 0.25) is 0 Å². The van der Waals surface area contributed by atoms with Crippen molar-refractivity contribution in [1.82, 2.24) is 4.90 Å². The summed E-state index contributed by atoms with van der Waals surface area (Å²) in [5, 5.41) is 12.9. The summed E-state index contributed by atoms with van der Waals surface area (Å²) in [6.45, 7) is 2.12. The fraction of sp³-hybridized carbons (Fsp3) is 0.500. The van der Waals surface area contributed by atoms with E-state index in [9.17, 15) is 9.59 Å². The van der Waals surface area contributed by atoms with Crippen molar-refractivity contribution in [3.05, 3.63) is 22.4 Å². The second kappa shape index (κ2) is 4.87. The van der Waals surface area contributed by atoms with E-state index in [0.29, 0.717) is 6.54 Å². The van der Waals surface area contributed by atoms with Crippen molar-refractivity contribution >= 4 is 23.2 Å². The van der Waals surface area contributed by atoms with E-state index in [1.54, 1.807) is 16.2 Å². The molecule has 0 radical (unpaired) electrons. The molecular weight excluding hydrogens is 238 g/mol. The maximum atomic E-state index is 12.0. The summed E-state index contributed by atoms with van der Waals surface area (Å²) >= 11 is 1.60. The van der Waals surface area contributed by atoms with Gasteiger partial charge in [0.2, 0.25) is 5.91 Å². The molecule has 92 valence electrons. The SMILES string of the molecule is CC(C(=O)O)C(=O)N1CCCC1c1ccsc1. The van der Waals surface area contributed by atoms with Gasteiger partial charge in [0.1, 0.15) is 5.92 Å². The van der Waals surface area contributed by atoms with Crippen LogP contribution in [0.5, 0.6) is 0 Å². The molecule has 1 N–H and O–H groups in total. The van der Waals surface area contributed by atoms with Crippen molar-refractivity contribution < 1.29 is 14.7 Å². The first kappa shape index (κ1) is 12.1. The van der Waals surface area contributed by atoms with Crippen molar-refractivity contribution in [3.63, 3.8) is 0 Å². The molecule has 4 nitrogen and oxygen atoms in total. The number of hydrogen-bond acceptors (Lipinski definition) is 3. The van der Waals surface area contributed by atoms with Crippen LogP contribution >= 0.6 is 11.3 Å². The molecule has 1 amide bonds. The number of hydrogen-bond donors (Lipinski definition) is 1. The molecule has 5 heteroatoms. The smallest absolute Gasteiger partial charge is 0.315 e. The van der Waals surface area contributed by atoms with Crippen molar-refractivity contribution in [2.75, 3.05) is 6.54 Å². The summed E-state index contributed by atoms with van der Waals surface area (Å²) in [4.78, 5) is 24.6. The summed E-state index contributed by atoms with van der Waals surface area (Å²) in [6, 6.07) is 2.07. The monoisotopic (exact) mass is 253 g/mol. The first-order chi connectivity index (χ1) is 8.11. The Kier molecular flexibility index (Phi) is 3.47. The van der Waals surface area contributed by atoms with E-state index >= 15 is 0 Å². The Morgan fingerprint density at radius 1 is 1.59 bits per heavy atom. The Morgan fingerprint density at radius 2 is 2.35 bits per heavy atom. The molecule has 2 heterocycles. The number of carbonyl (C=O) groups excluding carboxylic acids is 1. The van der Waals surface area contributed by atoms with Gasteiger partial charge in [-0.25, -0.2) is 0 Å². The average Bonchev–Trinajstić information content (AvgIpc) is 2.96. The molecule has 1 saturated heterocycles. The topological polar surface area (TPSA) is 57.6 Å². The first-order valence-electron chi connectivity index (χ1n) is 5.66. The van der Waals surface area contributed by atoms with Crippen molar-refractivity contribution in [1.29, 1.82) is 0 Å². The molecule has 1 aromatic rings. The van der Waals surface area contributed by atoms with E-state index in [1.165, 1.54) is 6.92 Å². The standard InChI is InChI=1S/C12H15NO3S/c1-8(12(15)16)11(14)13-5-2-3-10(13)9-4-6-17-7-9/h4,6-8,10H,2-3,5H2,1H3,(H,15,16). The Labute approximate surface area is 104 Å². The summed E-state index contributed by atoms with van der Waals surface area (Å²) in [5.41, 5.74) is 1.12. The number of likely N-dealkylation sites (tertiary alicyclic amines) is 1. The molecule has 2 atom stereocenters. The third-order valence-corrected chi connectivity index (χ3v) is 3.91. The minimum atomic E-state index is -1.05. The highest BCUT2D eigenvalue weighted by molar-refractivity contribution is 7.07. The van der Waals surface area contributed by atoms with Crippen LogP contribution in [0.3, 0.4) is 0 Å². The van der Waals surface area contributed by atoms with Crippen molar-refractivity contribution in [2.24, 2.45) is 5.92 Å². The lowest BCUT2D eigenvalue weighted by atomic mass is 10.1. The molecule has 1 aliphatic rings. The Bertz CT molecular complexity index is 415. The van der Waals surface area contributed by atoms with Gasteiger partial charge in [0.15, 0.2) is 0 Å². The zero-order chi connectivity index (χ0) is 12.4. The summed E-state index contributed by atoms with van der Waals surface area (Å²) in [7, 11) is 0. The largest absolute Gasteiger partial charge is 0.481 e. The normalized spacial score (nSPS) is 21.5. The van der Waals surface area contributed by atoms with Crippen LogP contribution in [0.1, 0.15) is 31.4 Å². The zero-order valence-corrected chi connectivity index (χ0v) is 10.4. The average molecular weight is 253 g/mol. The molecule has 0 saturated carbocycles. The van der Waals surface area contributed by atoms with Gasteiger partial charge < -0.3 is 10.0 Å². The maximum Gasteiger partial charge on any atom is 0.315 e. The molecule has 0 aliphatic carbocycles. The molecule has 1 fully saturated rings. The van der Waals surface area contributed by atoms with E-state index in [0.717, 1.165) is 18.4 Å². The van der Waals surface area contributed by atoms with E-state index in [4.69, 9.17) is 5.11 Å². The number of carboxylic acid groups (broad SMARTS) is 1. The Morgan fingerprint density at radius 3 is 2.94 bits per heavy atom. The highest BCUT2D eigenvalue weighted by Gasteiger charge is 2.34. The number of thiophene rings is 1. The molecule has 0 bridgehead atoms. The zero-order valence-electron chi connectivity index (χ0n) is 9.63. The predicted octanol–water partition coefficient (Wildman–Crippen LogP) is 2.13. The van der Waals surface area contributed by atoms with Gasteiger partial charge in [0, 0.05) is 6.54 Å². The van der Waals surface area contributed by atoms with Gasteiger partial charge >= 0.3 is 5.97 Å². The van der Waals surface area contributed by atoms with Gasteiger partial charge in [-0.3, -0.25) is 9.59 Å². The number of carbonyl (C=O) groups is 2. The Hall–Kier alpha value is -1.36. The summed E-state index contributed by atoms with van der Waals surface area (Å²) < 4.78 is 0. The number of amides is 1. The lowest BCUT2D eigenvalue weighted by Gasteiger charge is -2.25. The van der Waals surface area contributed by atoms with Crippen LogP contribution in [-0.2, 0) is 9.59 Å². The second-order valence-electron chi connectivity index (χ2n) is 4.31. The van der Waals surface area contributed by atoms with Gasteiger partial charge in [0.25, 0.3) is 0 Å². The van der Waals surface area contributed by atoms with Gasteiger partial charge in [-0.1, -0.05) is 0 Å². The van der Waals surface area contributed by atoms with Gasteiger partial charge in [0.05, 0.1) is 6.04 Å². The molecule has 1 aliphatic heterocycles. The van der Waals surface area contributed by atoms with Crippen LogP contribution in [0.15, 0.2) is 16.8 Å². The van der Waals surface area contributed by atoms with Crippen molar-refractivity contribution in [3.8, 4) is 0 Å². The van der Waals surface area contributed by atoms with Gasteiger partial charge in [-0.05, 0) is 42.2 Å². The van der Waals surface area contributed by atoms with E-state index in [1.807, 2.05) is 16.8 Å².